The van der Waals surface area contributed by atoms with Crippen LogP contribution in [-0.4, -0.2) is 6.54 Å². The molecule has 2 rings (SSSR count). The molecule has 0 spiro atoms. The fourth-order valence-corrected chi connectivity index (χ4v) is 2.00. The highest BCUT2D eigenvalue weighted by molar-refractivity contribution is 9.10. The van der Waals surface area contributed by atoms with Crippen molar-refractivity contribution >= 4 is 15.9 Å². The largest absolute Gasteiger partial charge is 0.469 e. The Morgan fingerprint density at radius 3 is 2.65 bits per heavy atom. The summed E-state index contributed by atoms with van der Waals surface area (Å²) in [5.41, 5.74) is 1.30. The zero-order valence-electron chi connectivity index (χ0n) is 9.82. The third kappa shape index (κ3) is 3.72. The first-order valence-corrected chi connectivity index (χ1v) is 6.56. The maximum absolute atomic E-state index is 5.29. The second-order valence-electron chi connectivity index (χ2n) is 4.06. The van der Waals surface area contributed by atoms with Crippen LogP contribution >= 0.6 is 15.9 Å². The van der Waals surface area contributed by atoms with Crippen LogP contribution in [0.25, 0.3) is 0 Å². The van der Waals surface area contributed by atoms with Crippen molar-refractivity contribution < 1.29 is 4.42 Å². The molecule has 0 bridgehead atoms. The lowest BCUT2D eigenvalue weighted by Crippen LogP contribution is -2.21. The Balaban J connectivity index is 1.81. The van der Waals surface area contributed by atoms with Gasteiger partial charge in [0.05, 0.1) is 6.26 Å². The first-order valence-electron chi connectivity index (χ1n) is 5.77. The molecule has 0 aliphatic heterocycles. The van der Waals surface area contributed by atoms with Gasteiger partial charge in [-0.2, -0.15) is 0 Å². The summed E-state index contributed by atoms with van der Waals surface area (Å²) in [4.78, 5) is 0. The average Bonchev–Trinajstić information content (AvgIpc) is 2.83. The smallest absolute Gasteiger partial charge is 0.105 e. The van der Waals surface area contributed by atoms with Crippen LogP contribution < -0.4 is 5.32 Å². The van der Waals surface area contributed by atoms with Gasteiger partial charge in [-0.3, -0.25) is 0 Å². The molecule has 0 amide bonds. The Hall–Kier alpha value is -1.06. The Morgan fingerprint density at radius 1 is 1.24 bits per heavy atom. The minimum Gasteiger partial charge on any atom is -0.469 e. The van der Waals surface area contributed by atoms with E-state index in [4.69, 9.17) is 4.42 Å². The van der Waals surface area contributed by atoms with Gasteiger partial charge in [-0.25, -0.2) is 0 Å². The summed E-state index contributed by atoms with van der Waals surface area (Å²) in [6.45, 7) is 3.09. The minimum atomic E-state index is 0.359. The summed E-state index contributed by atoms with van der Waals surface area (Å²) in [5, 5.41) is 3.48. The van der Waals surface area contributed by atoms with Gasteiger partial charge in [-0.05, 0) is 36.8 Å². The lowest BCUT2D eigenvalue weighted by Gasteiger charge is -2.13. The number of hydrogen-bond donors (Lipinski definition) is 1. The van der Waals surface area contributed by atoms with Crippen LogP contribution in [0, 0.1) is 0 Å². The third-order valence-corrected chi connectivity index (χ3v) is 3.30. The van der Waals surface area contributed by atoms with Crippen molar-refractivity contribution in [2.75, 3.05) is 6.54 Å². The van der Waals surface area contributed by atoms with Crippen molar-refractivity contribution in [3.05, 3.63) is 58.5 Å². The SMILES string of the molecule is CC(NCCc1ccco1)c1ccc(Br)cc1. The second-order valence-corrected chi connectivity index (χ2v) is 4.97. The molecule has 3 heteroatoms. The molecule has 0 saturated heterocycles. The Bertz CT molecular complexity index is 436. The topological polar surface area (TPSA) is 25.2 Å². The van der Waals surface area contributed by atoms with Crippen molar-refractivity contribution in [3.63, 3.8) is 0 Å². The molecule has 0 aliphatic carbocycles. The van der Waals surface area contributed by atoms with E-state index in [2.05, 4.69) is 52.4 Å². The lowest BCUT2D eigenvalue weighted by molar-refractivity contribution is 0.486. The second kappa shape index (κ2) is 6.03. The molecule has 1 aromatic carbocycles. The molecule has 1 N–H and O–H groups in total. The van der Waals surface area contributed by atoms with Crippen LogP contribution in [0.4, 0.5) is 0 Å². The predicted molar refractivity (Wildman–Crippen MR) is 73.0 cm³/mol. The predicted octanol–water partition coefficient (Wildman–Crippen LogP) is 3.94. The monoisotopic (exact) mass is 293 g/mol. The number of furan rings is 1. The third-order valence-electron chi connectivity index (χ3n) is 2.77. The van der Waals surface area contributed by atoms with Gasteiger partial charge < -0.3 is 9.73 Å². The molecule has 0 saturated carbocycles. The van der Waals surface area contributed by atoms with E-state index in [0.29, 0.717) is 6.04 Å². The summed E-state index contributed by atoms with van der Waals surface area (Å²) < 4.78 is 6.41. The number of halogens is 1. The number of nitrogens with one attached hydrogen (secondary N) is 1. The van der Waals surface area contributed by atoms with Gasteiger partial charge in [0.1, 0.15) is 5.76 Å². The molecule has 0 aliphatic rings. The summed E-state index contributed by atoms with van der Waals surface area (Å²) in [5.74, 6) is 1.03. The molecule has 2 nitrogen and oxygen atoms in total. The van der Waals surface area contributed by atoms with Gasteiger partial charge in [0.25, 0.3) is 0 Å². The lowest BCUT2D eigenvalue weighted by atomic mass is 10.1. The van der Waals surface area contributed by atoms with Crippen molar-refractivity contribution in [1.29, 1.82) is 0 Å². The van der Waals surface area contributed by atoms with Crippen molar-refractivity contribution in [2.24, 2.45) is 0 Å². The van der Waals surface area contributed by atoms with E-state index in [1.54, 1.807) is 6.26 Å². The van der Waals surface area contributed by atoms with Gasteiger partial charge in [-0.1, -0.05) is 28.1 Å². The normalized spacial score (nSPS) is 12.6. The molecule has 0 fully saturated rings. The van der Waals surface area contributed by atoms with Gasteiger partial charge in [0.2, 0.25) is 0 Å². The summed E-state index contributed by atoms with van der Waals surface area (Å²) in [6.07, 6.45) is 2.64. The molecule has 1 atom stereocenters. The van der Waals surface area contributed by atoms with E-state index in [0.717, 1.165) is 23.2 Å². The fraction of sp³-hybridized carbons (Fsp3) is 0.286. The molecule has 2 aromatic rings. The maximum Gasteiger partial charge on any atom is 0.105 e. The Labute approximate surface area is 110 Å². The van der Waals surface area contributed by atoms with Gasteiger partial charge in [0, 0.05) is 23.5 Å². The highest BCUT2D eigenvalue weighted by Crippen LogP contribution is 2.16. The molecule has 1 unspecified atom stereocenters. The van der Waals surface area contributed by atoms with E-state index < -0.39 is 0 Å². The van der Waals surface area contributed by atoms with E-state index in [1.807, 2.05) is 12.1 Å². The number of hydrogen-bond acceptors (Lipinski definition) is 2. The Morgan fingerprint density at radius 2 is 2.00 bits per heavy atom. The van der Waals surface area contributed by atoms with E-state index in [-0.39, 0.29) is 0 Å². The maximum atomic E-state index is 5.29. The van der Waals surface area contributed by atoms with Crippen molar-refractivity contribution in [3.8, 4) is 0 Å². The highest BCUT2D eigenvalue weighted by atomic mass is 79.9. The summed E-state index contributed by atoms with van der Waals surface area (Å²) in [7, 11) is 0. The average molecular weight is 294 g/mol. The zero-order valence-corrected chi connectivity index (χ0v) is 11.4. The van der Waals surface area contributed by atoms with Crippen LogP contribution in [0.2, 0.25) is 0 Å². The van der Waals surface area contributed by atoms with Gasteiger partial charge in [0.15, 0.2) is 0 Å². The van der Waals surface area contributed by atoms with Crippen LogP contribution in [0.1, 0.15) is 24.3 Å². The van der Waals surface area contributed by atoms with Crippen LogP contribution in [0.15, 0.2) is 51.6 Å². The number of benzene rings is 1. The van der Waals surface area contributed by atoms with Crippen molar-refractivity contribution in [1.82, 2.24) is 5.32 Å². The number of rotatable bonds is 5. The van der Waals surface area contributed by atoms with Crippen LogP contribution in [-0.2, 0) is 6.42 Å². The fourth-order valence-electron chi connectivity index (χ4n) is 1.74. The molecular formula is C14H16BrNO. The summed E-state index contributed by atoms with van der Waals surface area (Å²) in [6, 6.07) is 12.7. The van der Waals surface area contributed by atoms with Gasteiger partial charge in [-0.15, -0.1) is 0 Å². The molecular weight excluding hydrogens is 278 g/mol. The standard InChI is InChI=1S/C14H16BrNO/c1-11(12-4-6-13(15)7-5-12)16-9-8-14-3-2-10-17-14/h2-7,10-11,16H,8-9H2,1H3. The molecule has 90 valence electrons. The molecule has 17 heavy (non-hydrogen) atoms. The zero-order chi connectivity index (χ0) is 12.1. The van der Waals surface area contributed by atoms with E-state index in [1.165, 1.54) is 5.56 Å². The molecule has 1 aromatic heterocycles. The van der Waals surface area contributed by atoms with Gasteiger partial charge >= 0.3 is 0 Å². The quantitative estimate of drug-likeness (QED) is 0.903. The van der Waals surface area contributed by atoms with E-state index in [9.17, 15) is 0 Å². The highest BCUT2D eigenvalue weighted by Gasteiger charge is 2.04. The molecule has 1 heterocycles. The van der Waals surface area contributed by atoms with Crippen molar-refractivity contribution in [2.45, 2.75) is 19.4 Å². The Kier molecular flexibility index (Phi) is 4.40. The van der Waals surface area contributed by atoms with Crippen LogP contribution in [0.3, 0.4) is 0 Å². The minimum absolute atomic E-state index is 0.359. The van der Waals surface area contributed by atoms with E-state index >= 15 is 0 Å². The first-order chi connectivity index (χ1) is 8.25. The molecule has 0 radical (unpaired) electrons. The summed E-state index contributed by atoms with van der Waals surface area (Å²) >= 11 is 3.44. The first kappa shape index (κ1) is 12.4. The van der Waals surface area contributed by atoms with Crippen LogP contribution in [0.5, 0.6) is 0 Å².